The van der Waals surface area contributed by atoms with E-state index in [9.17, 15) is 18.7 Å². The topological polar surface area (TPSA) is 118 Å². The second kappa shape index (κ2) is 11.8. The van der Waals surface area contributed by atoms with Crippen LogP contribution in [0.3, 0.4) is 0 Å². The Balaban J connectivity index is 1.45. The summed E-state index contributed by atoms with van der Waals surface area (Å²) in [5, 5.41) is 17.4. The Morgan fingerprint density at radius 1 is 1.10 bits per heavy atom. The average Bonchev–Trinajstić information content (AvgIpc) is 3.42. The van der Waals surface area contributed by atoms with E-state index in [1.165, 1.54) is 32.6 Å². The molecule has 1 amide bonds. The molecule has 2 aromatic carbocycles. The molecule has 2 aromatic heterocycles. The minimum atomic E-state index is -1.80. The maximum atomic E-state index is 15.0. The van der Waals surface area contributed by atoms with Gasteiger partial charge in [0.2, 0.25) is 5.91 Å². The van der Waals surface area contributed by atoms with Gasteiger partial charge in [-0.2, -0.15) is 0 Å². The van der Waals surface area contributed by atoms with E-state index in [4.69, 9.17) is 18.6 Å². The lowest BCUT2D eigenvalue weighted by molar-refractivity contribution is -0.111. The summed E-state index contributed by atoms with van der Waals surface area (Å²) in [5.41, 5.74) is 1.61. The molecule has 12 heteroatoms. The Hall–Kier alpha value is -4.68. The number of hydrogen-bond acceptors (Lipinski definition) is 9. The monoisotopic (exact) mass is 566 g/mol. The molecule has 1 fully saturated rings. The van der Waals surface area contributed by atoms with Gasteiger partial charge < -0.3 is 39.3 Å². The number of nitrogens with zero attached hydrogens (tertiary/aromatic N) is 2. The third-order valence-corrected chi connectivity index (χ3v) is 6.66. The van der Waals surface area contributed by atoms with E-state index in [1.54, 1.807) is 6.07 Å². The second-order valence-corrected chi connectivity index (χ2v) is 9.13. The first-order valence-electron chi connectivity index (χ1n) is 12.7. The number of morpholine rings is 1. The minimum Gasteiger partial charge on any atom is -0.494 e. The molecule has 0 bridgehead atoms. The Labute approximate surface area is 234 Å². The van der Waals surface area contributed by atoms with Crippen LogP contribution in [0.15, 0.2) is 59.7 Å². The number of pyridine rings is 1. The first-order valence-corrected chi connectivity index (χ1v) is 12.7. The van der Waals surface area contributed by atoms with Crippen LogP contribution in [0.2, 0.25) is 0 Å². The molecule has 0 spiro atoms. The fourth-order valence-electron chi connectivity index (χ4n) is 4.54. The van der Waals surface area contributed by atoms with Crippen LogP contribution in [0.25, 0.3) is 11.0 Å². The Morgan fingerprint density at radius 2 is 1.80 bits per heavy atom. The van der Waals surface area contributed by atoms with Gasteiger partial charge in [0.25, 0.3) is 0 Å². The lowest BCUT2D eigenvalue weighted by Gasteiger charge is -2.29. The molecule has 4 aromatic rings. The van der Waals surface area contributed by atoms with Crippen molar-refractivity contribution in [2.45, 2.75) is 6.10 Å². The van der Waals surface area contributed by atoms with Crippen LogP contribution >= 0.6 is 0 Å². The van der Waals surface area contributed by atoms with Crippen molar-refractivity contribution in [3.05, 3.63) is 78.2 Å². The quantitative estimate of drug-likeness (QED) is 0.243. The maximum absolute atomic E-state index is 15.0. The molecule has 5 rings (SSSR count). The van der Waals surface area contributed by atoms with Gasteiger partial charge >= 0.3 is 0 Å². The number of hydrogen-bond donors (Lipinski definition) is 3. The number of nitrogens with one attached hydrogen (secondary N) is 2. The van der Waals surface area contributed by atoms with Crippen LogP contribution in [0.4, 0.5) is 31.7 Å². The van der Waals surface area contributed by atoms with Gasteiger partial charge in [0.05, 0.1) is 50.6 Å². The molecule has 0 aliphatic carbocycles. The number of amides is 1. The van der Waals surface area contributed by atoms with Crippen LogP contribution in [-0.2, 0) is 9.53 Å². The number of benzene rings is 2. The molecule has 3 N–H and O–H groups in total. The summed E-state index contributed by atoms with van der Waals surface area (Å²) in [5.74, 6) is -2.82. The Bertz CT molecular complexity index is 1570. The van der Waals surface area contributed by atoms with Gasteiger partial charge in [-0.25, -0.2) is 13.8 Å². The third-order valence-electron chi connectivity index (χ3n) is 6.66. The number of rotatable bonds is 9. The summed E-state index contributed by atoms with van der Waals surface area (Å²) in [4.78, 5) is 18.7. The van der Waals surface area contributed by atoms with Crippen LogP contribution in [0.5, 0.6) is 11.5 Å². The van der Waals surface area contributed by atoms with Crippen LogP contribution in [-0.4, -0.2) is 56.5 Å². The standard InChI is InChI=1S/C29H28F2N4O6/c1-4-25(36)34-19-13-17(35-7-9-40-10-8-35)5-6-18(19)33-24-12-16-11-22(41-23(16)15-32-24)29(37)26-27(30)20(38-2)14-21(39-3)28(26)31/h4-6,11-15,29,37H,1,7-10H2,2-3H3,(H,32,33)(H,34,36). The molecule has 1 saturated heterocycles. The fraction of sp³-hybridized carbons (Fsp3) is 0.241. The van der Waals surface area contributed by atoms with Gasteiger partial charge in [0.15, 0.2) is 28.7 Å². The van der Waals surface area contributed by atoms with Gasteiger partial charge in [-0.05, 0) is 36.4 Å². The zero-order chi connectivity index (χ0) is 29.1. The van der Waals surface area contributed by atoms with Crippen LogP contribution in [0, 0.1) is 11.6 Å². The molecule has 214 valence electrons. The van der Waals surface area contributed by atoms with Crippen LogP contribution in [0.1, 0.15) is 17.4 Å². The number of carbonyl (C=O) groups is 1. The summed E-state index contributed by atoms with van der Waals surface area (Å²) < 4.78 is 51.0. The summed E-state index contributed by atoms with van der Waals surface area (Å²) in [7, 11) is 2.44. The summed E-state index contributed by atoms with van der Waals surface area (Å²) in [6.07, 6.45) is 0.796. The highest BCUT2D eigenvalue weighted by molar-refractivity contribution is 6.02. The average molecular weight is 567 g/mol. The minimum absolute atomic E-state index is 0.110. The number of anilines is 4. The predicted molar refractivity (Wildman–Crippen MR) is 149 cm³/mol. The molecular weight excluding hydrogens is 538 g/mol. The molecule has 41 heavy (non-hydrogen) atoms. The highest BCUT2D eigenvalue weighted by atomic mass is 19.1. The fourth-order valence-corrected chi connectivity index (χ4v) is 4.54. The van der Waals surface area contributed by atoms with E-state index in [-0.39, 0.29) is 28.7 Å². The maximum Gasteiger partial charge on any atom is 0.247 e. The van der Waals surface area contributed by atoms with Crippen molar-refractivity contribution in [1.29, 1.82) is 0 Å². The van der Waals surface area contributed by atoms with Crippen molar-refractivity contribution in [2.24, 2.45) is 0 Å². The first kappa shape index (κ1) is 27.9. The number of ether oxygens (including phenoxy) is 3. The Morgan fingerprint density at radius 3 is 2.46 bits per heavy atom. The number of carbonyl (C=O) groups excluding carboxylic acids is 1. The van der Waals surface area contributed by atoms with Crippen molar-refractivity contribution in [2.75, 3.05) is 56.1 Å². The van der Waals surface area contributed by atoms with Gasteiger partial charge in [0.1, 0.15) is 17.7 Å². The van der Waals surface area contributed by atoms with E-state index in [0.717, 1.165) is 24.8 Å². The molecule has 10 nitrogen and oxygen atoms in total. The molecule has 0 saturated carbocycles. The summed E-state index contributed by atoms with van der Waals surface area (Å²) in [6, 6.07) is 9.75. The Kier molecular flexibility index (Phi) is 8.04. The molecule has 1 atom stereocenters. The zero-order valence-electron chi connectivity index (χ0n) is 22.4. The number of methoxy groups -OCH3 is 2. The smallest absolute Gasteiger partial charge is 0.247 e. The van der Waals surface area contributed by atoms with E-state index >= 15 is 0 Å². The highest BCUT2D eigenvalue weighted by Gasteiger charge is 2.29. The van der Waals surface area contributed by atoms with E-state index in [2.05, 4.69) is 27.1 Å². The van der Waals surface area contributed by atoms with Gasteiger partial charge in [-0.1, -0.05) is 6.58 Å². The molecular formula is C29H28F2N4O6. The van der Waals surface area contributed by atoms with Crippen LogP contribution < -0.4 is 25.0 Å². The van der Waals surface area contributed by atoms with E-state index in [1.807, 2.05) is 18.2 Å². The predicted octanol–water partition coefficient (Wildman–Crippen LogP) is 4.91. The number of aromatic nitrogens is 1. The van der Waals surface area contributed by atoms with E-state index < -0.39 is 23.3 Å². The lowest BCUT2D eigenvalue weighted by Crippen LogP contribution is -2.36. The van der Waals surface area contributed by atoms with Crippen molar-refractivity contribution in [3.8, 4) is 11.5 Å². The normalized spacial score (nSPS) is 14.0. The van der Waals surface area contributed by atoms with Gasteiger partial charge in [-0.15, -0.1) is 0 Å². The number of furan rings is 1. The molecule has 1 unspecified atom stereocenters. The van der Waals surface area contributed by atoms with Gasteiger partial charge in [-0.3, -0.25) is 4.79 Å². The first-order chi connectivity index (χ1) is 19.8. The summed E-state index contributed by atoms with van der Waals surface area (Å²) in [6.45, 7) is 6.21. The number of aliphatic hydroxyl groups excluding tert-OH is 1. The van der Waals surface area contributed by atoms with Crippen molar-refractivity contribution < 1.29 is 37.3 Å². The second-order valence-electron chi connectivity index (χ2n) is 9.13. The highest BCUT2D eigenvalue weighted by Crippen LogP contribution is 2.39. The molecule has 1 aliphatic rings. The SMILES string of the molecule is C=CC(=O)Nc1cc(N2CCOCC2)ccc1Nc1cc2cc(C(O)c3c(F)c(OC)cc(OC)c3F)oc2cn1. The largest absolute Gasteiger partial charge is 0.494 e. The lowest BCUT2D eigenvalue weighted by atomic mass is 10.0. The van der Waals surface area contributed by atoms with Gasteiger partial charge in [0, 0.05) is 30.2 Å². The molecule has 0 radical (unpaired) electrons. The molecule has 3 heterocycles. The van der Waals surface area contributed by atoms with Crippen molar-refractivity contribution in [3.63, 3.8) is 0 Å². The number of fused-ring (bicyclic) bond motifs is 1. The third kappa shape index (κ3) is 5.65. The number of halogens is 2. The summed E-state index contributed by atoms with van der Waals surface area (Å²) >= 11 is 0. The van der Waals surface area contributed by atoms with E-state index in [0.29, 0.717) is 35.8 Å². The van der Waals surface area contributed by atoms with Crippen molar-refractivity contribution in [1.82, 2.24) is 4.98 Å². The zero-order valence-corrected chi connectivity index (χ0v) is 22.4. The number of aliphatic hydroxyl groups is 1. The molecule has 1 aliphatic heterocycles. The van der Waals surface area contributed by atoms with Crippen molar-refractivity contribution >= 4 is 39.8 Å².